The highest BCUT2D eigenvalue weighted by atomic mass is 35.5. The molecule has 2 aromatic carbocycles. The molecule has 1 aliphatic rings. The number of para-hydroxylation sites is 1. The molecule has 0 aliphatic carbocycles. The summed E-state index contributed by atoms with van der Waals surface area (Å²) >= 11 is 0. The van der Waals surface area contributed by atoms with Crippen LogP contribution in [0, 0.1) is 0 Å². The third-order valence-electron chi connectivity index (χ3n) is 4.53. The maximum absolute atomic E-state index is 13.4. The van der Waals surface area contributed by atoms with Crippen LogP contribution in [0.3, 0.4) is 0 Å². The molecule has 0 amide bonds. The van der Waals surface area contributed by atoms with Crippen molar-refractivity contribution < 1.29 is 17.8 Å². The lowest BCUT2D eigenvalue weighted by molar-refractivity contribution is 0.264. The molecular weight excluding hydrogens is 392 g/mol. The van der Waals surface area contributed by atoms with E-state index in [2.05, 4.69) is 15.6 Å². The number of nitrogens with zero attached hydrogens (tertiary/aromatic N) is 3. The van der Waals surface area contributed by atoms with Gasteiger partial charge in [0.15, 0.2) is 5.52 Å². The fourth-order valence-electron chi connectivity index (χ4n) is 3.30. The van der Waals surface area contributed by atoms with E-state index in [1.165, 1.54) is 10.4 Å². The number of hydrogen-bond acceptors (Lipinski definition) is 7. The molecule has 1 atom stereocenters. The molecular formula is C17H19ClN4O4S. The Kier molecular flexibility index (Phi) is 5.66. The second-order valence-electron chi connectivity index (χ2n) is 5.97. The van der Waals surface area contributed by atoms with Crippen LogP contribution in [-0.4, -0.2) is 49.8 Å². The number of hydrogen-bond donors (Lipinski definition) is 1. The summed E-state index contributed by atoms with van der Waals surface area (Å²) in [7, 11) is -2.23. The molecule has 1 fully saturated rings. The lowest BCUT2D eigenvalue weighted by Crippen LogP contribution is -2.48. The number of benzene rings is 2. The predicted octanol–water partition coefficient (Wildman–Crippen LogP) is 1.99. The number of aromatic nitrogens is 2. The first-order valence-electron chi connectivity index (χ1n) is 8.19. The summed E-state index contributed by atoms with van der Waals surface area (Å²) in [4.78, 5) is 0.0954. The van der Waals surface area contributed by atoms with Crippen LogP contribution < -0.4 is 10.1 Å². The summed E-state index contributed by atoms with van der Waals surface area (Å²) in [6.07, 6.45) is 0. The van der Waals surface area contributed by atoms with E-state index in [0.717, 1.165) is 5.56 Å². The number of ether oxygens (including phenoxy) is 1. The van der Waals surface area contributed by atoms with Crippen LogP contribution in [0.25, 0.3) is 11.0 Å². The Labute approximate surface area is 162 Å². The zero-order chi connectivity index (χ0) is 18.1. The van der Waals surface area contributed by atoms with Gasteiger partial charge in [-0.15, -0.1) is 12.4 Å². The Hall–Kier alpha value is -2.20. The summed E-state index contributed by atoms with van der Waals surface area (Å²) in [5, 5.41) is 10.8. The fourth-order valence-corrected chi connectivity index (χ4v) is 5.04. The summed E-state index contributed by atoms with van der Waals surface area (Å²) in [5.74, 6) is 0.655. The minimum atomic E-state index is -3.81. The van der Waals surface area contributed by atoms with Crippen molar-refractivity contribution >= 4 is 33.5 Å². The number of nitrogens with one attached hydrogen (secondary N) is 1. The molecule has 10 heteroatoms. The molecule has 8 nitrogen and oxygen atoms in total. The highest BCUT2D eigenvalue weighted by Crippen LogP contribution is 2.35. The Morgan fingerprint density at radius 3 is 2.81 bits per heavy atom. The van der Waals surface area contributed by atoms with Gasteiger partial charge in [-0.2, -0.15) is 4.31 Å². The predicted molar refractivity (Wildman–Crippen MR) is 102 cm³/mol. The summed E-state index contributed by atoms with van der Waals surface area (Å²) < 4.78 is 38.5. The lowest BCUT2D eigenvalue weighted by Gasteiger charge is -2.36. The van der Waals surface area contributed by atoms with Crippen LogP contribution in [0.1, 0.15) is 11.6 Å². The van der Waals surface area contributed by atoms with Crippen molar-refractivity contribution in [2.45, 2.75) is 10.9 Å². The maximum Gasteiger partial charge on any atom is 0.246 e. The Balaban J connectivity index is 0.00000210. The van der Waals surface area contributed by atoms with Crippen LogP contribution in [0.5, 0.6) is 5.75 Å². The van der Waals surface area contributed by atoms with Crippen LogP contribution >= 0.6 is 12.4 Å². The molecule has 2 heterocycles. The monoisotopic (exact) mass is 410 g/mol. The smallest absolute Gasteiger partial charge is 0.246 e. The van der Waals surface area contributed by atoms with Crippen molar-refractivity contribution in [2.75, 3.05) is 26.7 Å². The van der Waals surface area contributed by atoms with Crippen molar-refractivity contribution in [1.29, 1.82) is 0 Å². The Bertz CT molecular complexity index is 1040. The molecule has 4 rings (SSSR count). The van der Waals surface area contributed by atoms with Gasteiger partial charge in [0.1, 0.15) is 16.2 Å². The molecule has 0 spiro atoms. The van der Waals surface area contributed by atoms with Gasteiger partial charge >= 0.3 is 0 Å². The van der Waals surface area contributed by atoms with Gasteiger partial charge in [0.05, 0.1) is 13.2 Å². The van der Waals surface area contributed by atoms with Gasteiger partial charge in [0, 0.05) is 25.2 Å². The Morgan fingerprint density at radius 2 is 2.00 bits per heavy atom. The zero-order valence-electron chi connectivity index (χ0n) is 14.5. The highest BCUT2D eigenvalue weighted by molar-refractivity contribution is 7.89. The van der Waals surface area contributed by atoms with E-state index in [4.69, 9.17) is 9.37 Å². The summed E-state index contributed by atoms with van der Waals surface area (Å²) in [5.41, 5.74) is 1.47. The zero-order valence-corrected chi connectivity index (χ0v) is 16.2. The van der Waals surface area contributed by atoms with E-state index >= 15 is 0 Å². The standard InChI is InChI=1S/C17H18N4O4S.ClH/c1-24-15-7-3-2-5-12(15)14-11-18-9-10-21(14)26(22,23)16-8-4-6-13-17(16)20-25-19-13;/h2-8,14,18H,9-11H2,1H3;1H. The number of sulfonamides is 1. The average Bonchev–Trinajstić information content (AvgIpc) is 3.16. The van der Waals surface area contributed by atoms with Gasteiger partial charge < -0.3 is 10.1 Å². The third-order valence-corrected chi connectivity index (χ3v) is 6.47. The van der Waals surface area contributed by atoms with E-state index < -0.39 is 10.0 Å². The number of rotatable bonds is 4. The molecule has 1 aromatic heterocycles. The SMILES string of the molecule is COc1ccccc1C1CNCCN1S(=O)(=O)c1cccc2nonc12.Cl. The molecule has 3 aromatic rings. The van der Waals surface area contributed by atoms with Crippen molar-refractivity contribution in [1.82, 2.24) is 19.9 Å². The van der Waals surface area contributed by atoms with Crippen molar-refractivity contribution in [3.05, 3.63) is 48.0 Å². The lowest BCUT2D eigenvalue weighted by atomic mass is 10.0. The van der Waals surface area contributed by atoms with Crippen molar-refractivity contribution in [3.63, 3.8) is 0 Å². The third kappa shape index (κ3) is 3.39. The summed E-state index contributed by atoms with van der Waals surface area (Å²) in [6.45, 7) is 1.40. The summed E-state index contributed by atoms with van der Waals surface area (Å²) in [6, 6.07) is 11.9. The number of piperazine rings is 1. The fraction of sp³-hybridized carbons (Fsp3) is 0.294. The number of fused-ring (bicyclic) bond motifs is 1. The minimum Gasteiger partial charge on any atom is -0.496 e. The van der Waals surface area contributed by atoms with Gasteiger partial charge in [-0.3, -0.25) is 0 Å². The van der Waals surface area contributed by atoms with E-state index in [1.807, 2.05) is 24.3 Å². The van der Waals surface area contributed by atoms with Gasteiger partial charge in [-0.1, -0.05) is 24.3 Å². The van der Waals surface area contributed by atoms with Crippen LogP contribution in [0.4, 0.5) is 0 Å². The largest absolute Gasteiger partial charge is 0.496 e. The number of halogens is 1. The van der Waals surface area contributed by atoms with Gasteiger partial charge in [0.25, 0.3) is 0 Å². The highest BCUT2D eigenvalue weighted by Gasteiger charge is 2.37. The molecule has 0 bridgehead atoms. The van der Waals surface area contributed by atoms with Crippen molar-refractivity contribution in [2.24, 2.45) is 0 Å². The van der Waals surface area contributed by atoms with Gasteiger partial charge in [-0.25, -0.2) is 13.0 Å². The van der Waals surface area contributed by atoms with Crippen molar-refractivity contribution in [3.8, 4) is 5.75 Å². The molecule has 144 valence electrons. The van der Waals surface area contributed by atoms with E-state index in [9.17, 15) is 8.42 Å². The minimum absolute atomic E-state index is 0. The molecule has 1 N–H and O–H groups in total. The normalized spacial score (nSPS) is 18.2. The Morgan fingerprint density at radius 1 is 1.19 bits per heavy atom. The first-order valence-corrected chi connectivity index (χ1v) is 9.63. The molecule has 27 heavy (non-hydrogen) atoms. The van der Waals surface area contributed by atoms with Crippen LogP contribution in [-0.2, 0) is 10.0 Å². The van der Waals surface area contributed by atoms with E-state index in [-0.39, 0.29) is 28.9 Å². The van der Waals surface area contributed by atoms with Gasteiger partial charge in [-0.05, 0) is 28.5 Å². The molecule has 0 saturated carbocycles. The van der Waals surface area contributed by atoms with E-state index in [1.54, 1.807) is 19.2 Å². The van der Waals surface area contributed by atoms with Gasteiger partial charge in [0.2, 0.25) is 10.0 Å². The first kappa shape index (κ1) is 19.6. The molecule has 0 radical (unpaired) electrons. The van der Waals surface area contributed by atoms with Crippen LogP contribution in [0.2, 0.25) is 0 Å². The topological polar surface area (TPSA) is 97.6 Å². The second-order valence-corrected chi connectivity index (χ2v) is 7.82. The second kappa shape index (κ2) is 7.81. The molecule has 1 saturated heterocycles. The quantitative estimate of drug-likeness (QED) is 0.702. The average molecular weight is 411 g/mol. The van der Waals surface area contributed by atoms with E-state index in [0.29, 0.717) is 30.9 Å². The maximum atomic E-state index is 13.4. The molecule has 1 unspecified atom stereocenters. The first-order chi connectivity index (χ1) is 12.6. The number of methoxy groups -OCH3 is 1. The molecule has 1 aliphatic heterocycles. The van der Waals surface area contributed by atoms with Crippen LogP contribution in [0.15, 0.2) is 52.0 Å².